The van der Waals surface area contributed by atoms with Gasteiger partial charge in [0.05, 0.1) is 11.5 Å². The van der Waals surface area contributed by atoms with E-state index in [2.05, 4.69) is 5.32 Å². The number of nitro benzene ring substituents is 1. The number of anilines is 1. The summed E-state index contributed by atoms with van der Waals surface area (Å²) in [5, 5.41) is 13.6. The monoisotopic (exact) mass is 280 g/mol. The van der Waals surface area contributed by atoms with Crippen LogP contribution in [0, 0.1) is 10.1 Å². The average Bonchev–Trinajstić information content (AvgIpc) is 2.40. The van der Waals surface area contributed by atoms with Crippen LogP contribution < -0.4 is 11.1 Å². The fourth-order valence-electron chi connectivity index (χ4n) is 1.84. The number of nitrogens with one attached hydrogen (secondary N) is 1. The second-order valence-corrected chi connectivity index (χ2v) is 4.41. The summed E-state index contributed by atoms with van der Waals surface area (Å²) in [6.07, 6.45) is 0. The molecule has 0 atom stereocenters. The fourth-order valence-corrected chi connectivity index (χ4v) is 1.84. The number of nitro groups is 1. The number of carbonyl (C=O) groups is 1. The normalized spacial score (nSPS) is 10.6. The van der Waals surface area contributed by atoms with E-state index in [1.54, 1.807) is 6.07 Å². The van der Waals surface area contributed by atoms with Gasteiger partial charge in [0.2, 0.25) is 5.91 Å². The van der Waals surface area contributed by atoms with Gasteiger partial charge >= 0.3 is 0 Å². The molecule has 0 saturated heterocycles. The number of rotatable bonds is 7. The molecule has 110 valence electrons. The van der Waals surface area contributed by atoms with E-state index in [0.717, 1.165) is 5.56 Å². The summed E-state index contributed by atoms with van der Waals surface area (Å²) in [4.78, 5) is 23.8. The molecule has 20 heavy (non-hydrogen) atoms. The molecular formula is C13H20N4O3. The zero-order valence-corrected chi connectivity index (χ0v) is 11.8. The lowest BCUT2D eigenvalue weighted by Crippen LogP contribution is -2.36. The Balaban J connectivity index is 2.77. The van der Waals surface area contributed by atoms with Gasteiger partial charge in [-0.05, 0) is 25.1 Å². The molecule has 0 unspecified atom stereocenters. The third kappa shape index (κ3) is 4.51. The number of nitrogens with zero attached hydrogens (tertiary/aromatic N) is 2. The van der Waals surface area contributed by atoms with Crippen molar-refractivity contribution in [1.82, 2.24) is 10.2 Å². The third-order valence-electron chi connectivity index (χ3n) is 2.89. The number of nitrogens with two attached hydrogens (primary N) is 1. The van der Waals surface area contributed by atoms with E-state index in [9.17, 15) is 14.9 Å². The highest BCUT2D eigenvalue weighted by atomic mass is 16.6. The Morgan fingerprint density at radius 1 is 1.45 bits per heavy atom. The first-order chi connectivity index (χ1) is 9.47. The van der Waals surface area contributed by atoms with Gasteiger partial charge in [-0.15, -0.1) is 0 Å². The Kier molecular flexibility index (Phi) is 5.92. The van der Waals surface area contributed by atoms with Crippen molar-refractivity contribution in [2.45, 2.75) is 20.4 Å². The molecule has 0 aliphatic rings. The van der Waals surface area contributed by atoms with Crippen molar-refractivity contribution < 1.29 is 9.72 Å². The van der Waals surface area contributed by atoms with Crippen LogP contribution in [0.25, 0.3) is 0 Å². The van der Waals surface area contributed by atoms with E-state index in [1.807, 2.05) is 18.7 Å². The Bertz CT molecular complexity index is 491. The zero-order valence-electron chi connectivity index (χ0n) is 11.8. The zero-order chi connectivity index (χ0) is 15.1. The molecule has 1 aromatic rings. The molecule has 0 radical (unpaired) electrons. The van der Waals surface area contributed by atoms with Gasteiger partial charge in [-0.1, -0.05) is 13.0 Å². The maximum absolute atomic E-state index is 11.6. The van der Waals surface area contributed by atoms with Crippen molar-refractivity contribution in [2.75, 3.05) is 25.4 Å². The van der Waals surface area contributed by atoms with Crippen LogP contribution in [0.3, 0.4) is 0 Å². The highest BCUT2D eigenvalue weighted by molar-refractivity contribution is 5.77. The van der Waals surface area contributed by atoms with Crippen molar-refractivity contribution in [2.24, 2.45) is 0 Å². The van der Waals surface area contributed by atoms with Crippen LogP contribution in [0.4, 0.5) is 11.4 Å². The van der Waals surface area contributed by atoms with Crippen molar-refractivity contribution in [1.29, 1.82) is 0 Å². The Morgan fingerprint density at radius 3 is 2.70 bits per heavy atom. The summed E-state index contributed by atoms with van der Waals surface area (Å²) >= 11 is 0. The highest BCUT2D eigenvalue weighted by Gasteiger charge is 2.14. The predicted octanol–water partition coefficient (Wildman–Crippen LogP) is 1.13. The van der Waals surface area contributed by atoms with Gasteiger partial charge in [-0.2, -0.15) is 0 Å². The van der Waals surface area contributed by atoms with Gasteiger partial charge in [0, 0.05) is 19.2 Å². The lowest BCUT2D eigenvalue weighted by atomic mass is 10.1. The van der Waals surface area contributed by atoms with Crippen molar-refractivity contribution in [3.63, 3.8) is 0 Å². The predicted molar refractivity (Wildman–Crippen MR) is 77.1 cm³/mol. The molecule has 1 rings (SSSR count). The standard InChI is InChI=1S/C13H20N4O3/c1-3-15-13(18)9-16(4-2)8-10-5-6-11(14)12(7-10)17(19)20/h5-7H,3-4,8-9,14H2,1-2H3,(H,15,18). The van der Waals surface area contributed by atoms with E-state index >= 15 is 0 Å². The number of likely N-dealkylation sites (N-methyl/N-ethyl adjacent to an activating group) is 2. The lowest BCUT2D eigenvalue weighted by molar-refractivity contribution is -0.384. The topological polar surface area (TPSA) is 102 Å². The summed E-state index contributed by atoms with van der Waals surface area (Å²) in [6, 6.07) is 4.71. The van der Waals surface area contributed by atoms with Crippen LogP contribution in [0.2, 0.25) is 0 Å². The van der Waals surface area contributed by atoms with Crippen LogP contribution in [-0.4, -0.2) is 35.4 Å². The SMILES string of the molecule is CCNC(=O)CN(CC)Cc1ccc(N)c([N+](=O)[O-])c1. The molecule has 7 heteroatoms. The molecule has 1 aromatic carbocycles. The Labute approximate surface area is 117 Å². The summed E-state index contributed by atoms with van der Waals surface area (Å²) in [6.45, 7) is 5.79. The van der Waals surface area contributed by atoms with Crippen LogP contribution in [0.1, 0.15) is 19.4 Å². The minimum absolute atomic E-state index is 0.0562. The summed E-state index contributed by atoms with van der Waals surface area (Å²) in [5.41, 5.74) is 6.36. The second kappa shape index (κ2) is 7.44. The minimum atomic E-state index is -0.501. The molecular weight excluding hydrogens is 260 g/mol. The molecule has 1 amide bonds. The molecule has 0 aliphatic heterocycles. The first-order valence-corrected chi connectivity index (χ1v) is 6.49. The van der Waals surface area contributed by atoms with Gasteiger partial charge in [0.25, 0.3) is 5.69 Å². The van der Waals surface area contributed by atoms with Crippen LogP contribution in [0.5, 0.6) is 0 Å². The summed E-state index contributed by atoms with van der Waals surface area (Å²) in [5.74, 6) is -0.0562. The number of hydrogen-bond acceptors (Lipinski definition) is 5. The highest BCUT2D eigenvalue weighted by Crippen LogP contribution is 2.22. The maximum Gasteiger partial charge on any atom is 0.292 e. The second-order valence-electron chi connectivity index (χ2n) is 4.41. The minimum Gasteiger partial charge on any atom is -0.393 e. The van der Waals surface area contributed by atoms with Crippen LogP contribution in [0.15, 0.2) is 18.2 Å². The number of nitrogen functional groups attached to an aromatic ring is 1. The Hall–Kier alpha value is -2.15. The summed E-state index contributed by atoms with van der Waals surface area (Å²) < 4.78 is 0. The number of benzene rings is 1. The van der Waals surface area contributed by atoms with Crippen LogP contribution in [-0.2, 0) is 11.3 Å². The van der Waals surface area contributed by atoms with E-state index in [0.29, 0.717) is 19.6 Å². The molecule has 0 fully saturated rings. The first-order valence-electron chi connectivity index (χ1n) is 6.49. The molecule has 0 aromatic heterocycles. The van der Waals surface area contributed by atoms with Gasteiger partial charge < -0.3 is 11.1 Å². The van der Waals surface area contributed by atoms with E-state index in [4.69, 9.17) is 5.73 Å². The molecule has 0 saturated carbocycles. The molecule has 0 spiro atoms. The van der Waals surface area contributed by atoms with Crippen LogP contribution >= 0.6 is 0 Å². The molecule has 3 N–H and O–H groups in total. The van der Waals surface area contributed by atoms with Gasteiger partial charge in [0.1, 0.15) is 5.69 Å². The van der Waals surface area contributed by atoms with Gasteiger partial charge in [-0.3, -0.25) is 19.8 Å². The van der Waals surface area contributed by atoms with Crippen molar-refractivity contribution >= 4 is 17.3 Å². The van der Waals surface area contributed by atoms with Gasteiger partial charge in [-0.25, -0.2) is 0 Å². The number of amides is 1. The molecule has 0 bridgehead atoms. The third-order valence-corrected chi connectivity index (χ3v) is 2.89. The van der Waals surface area contributed by atoms with Gasteiger partial charge in [0.15, 0.2) is 0 Å². The average molecular weight is 280 g/mol. The van der Waals surface area contributed by atoms with Crippen molar-refractivity contribution in [3.8, 4) is 0 Å². The fraction of sp³-hybridized carbons (Fsp3) is 0.462. The van der Waals surface area contributed by atoms with Crippen molar-refractivity contribution in [3.05, 3.63) is 33.9 Å². The largest absolute Gasteiger partial charge is 0.393 e. The maximum atomic E-state index is 11.6. The Morgan fingerprint density at radius 2 is 2.15 bits per heavy atom. The first kappa shape index (κ1) is 15.9. The van der Waals surface area contributed by atoms with E-state index < -0.39 is 4.92 Å². The molecule has 0 heterocycles. The quantitative estimate of drug-likeness (QED) is 0.443. The summed E-state index contributed by atoms with van der Waals surface area (Å²) in [7, 11) is 0. The molecule has 0 aliphatic carbocycles. The van der Waals surface area contributed by atoms with E-state index in [-0.39, 0.29) is 23.8 Å². The van der Waals surface area contributed by atoms with E-state index in [1.165, 1.54) is 12.1 Å². The molecule has 7 nitrogen and oxygen atoms in total. The smallest absolute Gasteiger partial charge is 0.292 e. The number of carbonyl (C=O) groups excluding carboxylic acids is 1. The lowest BCUT2D eigenvalue weighted by Gasteiger charge is -2.19. The number of hydrogen-bond donors (Lipinski definition) is 2.